The molecule has 0 aromatic carbocycles. The number of carboxylic acid groups (broad SMARTS) is 1. The van der Waals surface area contributed by atoms with Crippen molar-refractivity contribution in [3.63, 3.8) is 0 Å². The lowest BCUT2D eigenvalue weighted by atomic mass is 9.84. The van der Waals surface area contributed by atoms with Crippen LogP contribution in [0.25, 0.3) is 0 Å². The monoisotopic (exact) mass is 281 g/mol. The summed E-state index contributed by atoms with van der Waals surface area (Å²) in [6.45, 7) is 6.16. The number of carbonyl (C=O) groups excluding carboxylic acids is 1. The van der Waals surface area contributed by atoms with Crippen molar-refractivity contribution in [3.8, 4) is 0 Å². The molecule has 112 valence electrons. The highest BCUT2D eigenvalue weighted by atomic mass is 16.4. The molecule has 2 N–H and O–H groups in total. The maximum atomic E-state index is 12.2. The molecule has 20 heavy (non-hydrogen) atoms. The smallest absolute Gasteiger partial charge is 0.317 e. The molecule has 0 saturated carbocycles. The molecule has 6 nitrogen and oxygen atoms in total. The van der Waals surface area contributed by atoms with Crippen LogP contribution < -0.4 is 5.32 Å². The molecule has 4 fully saturated rings. The minimum Gasteiger partial charge on any atom is -0.481 e. The van der Waals surface area contributed by atoms with Crippen LogP contribution in [-0.4, -0.2) is 65.7 Å². The van der Waals surface area contributed by atoms with Gasteiger partial charge in [0.2, 0.25) is 0 Å². The lowest BCUT2D eigenvalue weighted by Gasteiger charge is -2.47. The van der Waals surface area contributed by atoms with E-state index in [0.29, 0.717) is 19.0 Å². The van der Waals surface area contributed by atoms with Crippen molar-refractivity contribution < 1.29 is 14.7 Å². The predicted molar refractivity (Wildman–Crippen MR) is 73.3 cm³/mol. The maximum absolute atomic E-state index is 12.2. The van der Waals surface area contributed by atoms with Gasteiger partial charge in [-0.05, 0) is 31.8 Å². The Bertz CT molecular complexity index is 400. The molecule has 0 aromatic rings. The van der Waals surface area contributed by atoms with Gasteiger partial charge in [0.1, 0.15) is 0 Å². The molecular weight excluding hydrogens is 258 g/mol. The standard InChI is InChI=1S/C14H23N3O3/c1-9(13(18)19)11-6-17(7-11)14(20)15-12-8-16-4-2-10(12)3-5-16/h9-12H,2-8H2,1H3,(H,15,20)(H,18,19). The van der Waals surface area contributed by atoms with E-state index >= 15 is 0 Å². The number of nitrogens with zero attached hydrogens (tertiary/aromatic N) is 2. The van der Waals surface area contributed by atoms with Crippen LogP contribution in [0.5, 0.6) is 0 Å². The first kappa shape index (κ1) is 13.7. The first-order valence-corrected chi connectivity index (χ1v) is 7.55. The lowest BCUT2D eigenvalue weighted by molar-refractivity contribution is -0.144. The molecule has 0 radical (unpaired) electrons. The predicted octanol–water partition coefficient (Wildman–Crippen LogP) is 0.443. The molecule has 4 heterocycles. The number of likely N-dealkylation sites (tertiary alicyclic amines) is 1. The zero-order valence-corrected chi connectivity index (χ0v) is 11.9. The van der Waals surface area contributed by atoms with Gasteiger partial charge in [-0.15, -0.1) is 0 Å². The fourth-order valence-electron chi connectivity index (χ4n) is 3.57. The molecular formula is C14H23N3O3. The largest absolute Gasteiger partial charge is 0.481 e. The normalized spacial score (nSPS) is 34.5. The molecule has 2 atom stereocenters. The van der Waals surface area contributed by atoms with Gasteiger partial charge in [0, 0.05) is 31.6 Å². The van der Waals surface area contributed by atoms with Crippen molar-refractivity contribution in [2.24, 2.45) is 17.8 Å². The van der Waals surface area contributed by atoms with Gasteiger partial charge in [0.25, 0.3) is 0 Å². The lowest BCUT2D eigenvalue weighted by Crippen LogP contribution is -2.62. The first-order valence-electron chi connectivity index (χ1n) is 7.55. The van der Waals surface area contributed by atoms with Crippen LogP contribution in [0.4, 0.5) is 4.79 Å². The topological polar surface area (TPSA) is 72.9 Å². The number of rotatable bonds is 3. The maximum Gasteiger partial charge on any atom is 0.317 e. The third kappa shape index (κ3) is 2.49. The molecule has 4 saturated heterocycles. The number of fused-ring (bicyclic) bond motifs is 3. The van der Waals surface area contributed by atoms with Crippen LogP contribution in [0.2, 0.25) is 0 Å². The molecule has 0 aromatic heterocycles. The van der Waals surface area contributed by atoms with Crippen molar-refractivity contribution in [1.82, 2.24) is 15.1 Å². The van der Waals surface area contributed by atoms with Gasteiger partial charge in [0.15, 0.2) is 0 Å². The zero-order chi connectivity index (χ0) is 14.3. The van der Waals surface area contributed by atoms with Crippen molar-refractivity contribution in [2.45, 2.75) is 25.8 Å². The Morgan fingerprint density at radius 3 is 2.35 bits per heavy atom. The van der Waals surface area contributed by atoms with E-state index in [4.69, 9.17) is 5.11 Å². The van der Waals surface area contributed by atoms with Gasteiger partial charge in [0.05, 0.1) is 5.92 Å². The summed E-state index contributed by atoms with van der Waals surface area (Å²) in [5, 5.41) is 12.1. The van der Waals surface area contributed by atoms with Gasteiger partial charge < -0.3 is 20.2 Å². The van der Waals surface area contributed by atoms with E-state index in [0.717, 1.165) is 6.54 Å². The Morgan fingerprint density at radius 1 is 1.20 bits per heavy atom. The summed E-state index contributed by atoms with van der Waals surface area (Å²) in [4.78, 5) is 27.2. The fraction of sp³-hybridized carbons (Fsp3) is 0.857. The van der Waals surface area contributed by atoms with Crippen molar-refractivity contribution in [2.75, 3.05) is 32.7 Å². The number of nitrogens with one attached hydrogen (secondary N) is 1. The van der Waals surface area contributed by atoms with Crippen LogP contribution in [0, 0.1) is 17.8 Å². The van der Waals surface area contributed by atoms with E-state index in [1.807, 2.05) is 0 Å². The molecule has 2 amide bonds. The Labute approximate surface area is 119 Å². The van der Waals surface area contributed by atoms with Gasteiger partial charge in [-0.2, -0.15) is 0 Å². The molecule has 6 heteroatoms. The Morgan fingerprint density at radius 2 is 1.85 bits per heavy atom. The van der Waals surface area contributed by atoms with Gasteiger partial charge in [-0.25, -0.2) is 4.79 Å². The highest BCUT2D eigenvalue weighted by Gasteiger charge is 2.40. The summed E-state index contributed by atoms with van der Waals surface area (Å²) < 4.78 is 0. The van der Waals surface area contributed by atoms with Gasteiger partial charge in [-0.3, -0.25) is 4.79 Å². The fourth-order valence-corrected chi connectivity index (χ4v) is 3.57. The molecule has 2 bridgehead atoms. The van der Waals surface area contributed by atoms with Crippen molar-refractivity contribution in [1.29, 1.82) is 0 Å². The van der Waals surface area contributed by atoms with Crippen LogP contribution in [0.3, 0.4) is 0 Å². The first-order chi connectivity index (χ1) is 9.54. The Hall–Kier alpha value is -1.30. The summed E-state index contributed by atoms with van der Waals surface area (Å²) in [6.07, 6.45) is 2.37. The molecule has 4 aliphatic rings. The Balaban J connectivity index is 1.46. The van der Waals surface area contributed by atoms with E-state index < -0.39 is 5.97 Å². The summed E-state index contributed by atoms with van der Waals surface area (Å²) in [6, 6.07) is 0.263. The second-order valence-corrected chi connectivity index (χ2v) is 6.49. The summed E-state index contributed by atoms with van der Waals surface area (Å²) >= 11 is 0. The number of aliphatic carboxylic acids is 1. The second kappa shape index (κ2) is 5.24. The minimum atomic E-state index is -0.771. The average Bonchev–Trinajstić information content (AvgIpc) is 2.38. The van der Waals surface area contributed by atoms with Crippen LogP contribution in [-0.2, 0) is 4.79 Å². The number of hydrogen-bond donors (Lipinski definition) is 2. The molecule has 4 aliphatic heterocycles. The molecule has 2 unspecified atom stereocenters. The highest BCUT2D eigenvalue weighted by molar-refractivity contribution is 5.76. The molecule has 0 aliphatic carbocycles. The van der Waals surface area contributed by atoms with Crippen LogP contribution in [0.1, 0.15) is 19.8 Å². The Kier molecular flexibility index (Phi) is 3.58. The van der Waals surface area contributed by atoms with Crippen LogP contribution in [0.15, 0.2) is 0 Å². The number of piperidine rings is 3. The third-order valence-electron chi connectivity index (χ3n) is 5.26. The highest BCUT2D eigenvalue weighted by Crippen LogP contribution is 2.28. The average molecular weight is 281 g/mol. The summed E-state index contributed by atoms with van der Waals surface area (Å²) in [5.41, 5.74) is 0. The summed E-state index contributed by atoms with van der Waals surface area (Å²) in [7, 11) is 0. The second-order valence-electron chi connectivity index (χ2n) is 6.49. The number of carboxylic acids is 1. The number of amides is 2. The number of carbonyl (C=O) groups is 2. The number of hydrogen-bond acceptors (Lipinski definition) is 3. The van der Waals surface area contributed by atoms with E-state index in [1.54, 1.807) is 11.8 Å². The van der Waals surface area contributed by atoms with Crippen molar-refractivity contribution in [3.05, 3.63) is 0 Å². The van der Waals surface area contributed by atoms with Gasteiger partial charge in [-0.1, -0.05) is 6.92 Å². The molecule has 0 spiro atoms. The van der Waals surface area contributed by atoms with E-state index in [9.17, 15) is 9.59 Å². The summed E-state index contributed by atoms with van der Waals surface area (Å²) in [5.74, 6) is -0.410. The van der Waals surface area contributed by atoms with Gasteiger partial charge >= 0.3 is 12.0 Å². The van der Waals surface area contributed by atoms with E-state index in [2.05, 4.69) is 10.2 Å². The minimum absolute atomic E-state index is 0.0161. The quantitative estimate of drug-likeness (QED) is 0.787. The SMILES string of the molecule is CC(C(=O)O)C1CN(C(=O)NC2CN3CCC2CC3)C1. The third-order valence-corrected chi connectivity index (χ3v) is 5.26. The van der Waals surface area contributed by atoms with Crippen molar-refractivity contribution >= 4 is 12.0 Å². The van der Waals surface area contributed by atoms with E-state index in [-0.39, 0.29) is 23.9 Å². The number of urea groups is 1. The van der Waals surface area contributed by atoms with Crippen LogP contribution >= 0.6 is 0 Å². The molecule has 4 rings (SSSR count). The van der Waals surface area contributed by atoms with E-state index in [1.165, 1.54) is 25.9 Å². The zero-order valence-electron chi connectivity index (χ0n) is 11.9.